The first-order valence-corrected chi connectivity index (χ1v) is 5.41. The van der Waals surface area contributed by atoms with Gasteiger partial charge in [-0.15, -0.1) is 0 Å². The topological polar surface area (TPSA) is 29.3 Å². The van der Waals surface area contributed by atoms with Gasteiger partial charge in [0, 0.05) is 18.3 Å². The van der Waals surface area contributed by atoms with Gasteiger partial charge in [0.25, 0.3) is 0 Å². The SMILES string of the molecule is CCN1c2ccccc2CC1CCN. The molecule has 1 aliphatic rings. The molecule has 2 N–H and O–H groups in total. The number of likely N-dealkylation sites (N-methyl/N-ethyl adjacent to an activating group) is 1. The minimum absolute atomic E-state index is 0.627. The predicted octanol–water partition coefficient (Wildman–Crippen LogP) is 1.79. The molecule has 1 unspecified atom stereocenters. The standard InChI is InChI=1S/C12H18N2/c1-2-14-11(7-8-13)9-10-5-3-4-6-12(10)14/h3-6,11H,2,7-9,13H2,1H3. The van der Waals surface area contributed by atoms with E-state index >= 15 is 0 Å². The van der Waals surface area contributed by atoms with Crippen LogP contribution in [0.1, 0.15) is 18.9 Å². The summed E-state index contributed by atoms with van der Waals surface area (Å²) in [5.41, 5.74) is 8.52. The lowest BCUT2D eigenvalue weighted by molar-refractivity contribution is 0.593. The molecule has 0 radical (unpaired) electrons. The highest BCUT2D eigenvalue weighted by Crippen LogP contribution is 2.32. The van der Waals surface area contributed by atoms with Crippen molar-refractivity contribution >= 4 is 5.69 Å². The lowest BCUT2D eigenvalue weighted by Crippen LogP contribution is -2.33. The molecule has 14 heavy (non-hydrogen) atoms. The number of para-hydroxylation sites is 1. The van der Waals surface area contributed by atoms with Gasteiger partial charge in [-0.2, -0.15) is 0 Å². The largest absolute Gasteiger partial charge is 0.368 e. The Labute approximate surface area is 85.7 Å². The summed E-state index contributed by atoms with van der Waals surface area (Å²) in [5, 5.41) is 0. The van der Waals surface area contributed by atoms with Gasteiger partial charge in [-0.3, -0.25) is 0 Å². The molecule has 1 heterocycles. The summed E-state index contributed by atoms with van der Waals surface area (Å²) in [4.78, 5) is 2.47. The minimum atomic E-state index is 0.627. The van der Waals surface area contributed by atoms with Gasteiger partial charge >= 0.3 is 0 Å². The van der Waals surface area contributed by atoms with Gasteiger partial charge in [0.1, 0.15) is 0 Å². The Morgan fingerprint density at radius 3 is 2.93 bits per heavy atom. The molecule has 2 nitrogen and oxygen atoms in total. The predicted molar refractivity (Wildman–Crippen MR) is 60.6 cm³/mol. The molecular formula is C12H18N2. The lowest BCUT2D eigenvalue weighted by atomic mass is 10.1. The van der Waals surface area contributed by atoms with Crippen molar-refractivity contribution in [3.63, 3.8) is 0 Å². The number of benzene rings is 1. The molecule has 0 aliphatic carbocycles. The van der Waals surface area contributed by atoms with Crippen molar-refractivity contribution in [2.75, 3.05) is 18.0 Å². The first-order valence-electron chi connectivity index (χ1n) is 5.41. The van der Waals surface area contributed by atoms with Crippen LogP contribution in [0.25, 0.3) is 0 Å². The van der Waals surface area contributed by atoms with E-state index in [9.17, 15) is 0 Å². The van der Waals surface area contributed by atoms with E-state index in [1.165, 1.54) is 17.7 Å². The summed E-state index contributed by atoms with van der Waals surface area (Å²) in [6, 6.07) is 9.32. The number of fused-ring (bicyclic) bond motifs is 1. The fraction of sp³-hybridized carbons (Fsp3) is 0.500. The second-order valence-electron chi connectivity index (χ2n) is 3.85. The van der Waals surface area contributed by atoms with Crippen LogP contribution >= 0.6 is 0 Å². The van der Waals surface area contributed by atoms with Crippen molar-refractivity contribution in [3.8, 4) is 0 Å². The van der Waals surface area contributed by atoms with E-state index in [0.29, 0.717) is 6.04 Å². The normalized spacial score (nSPS) is 19.9. The van der Waals surface area contributed by atoms with Crippen LogP contribution in [0.3, 0.4) is 0 Å². The molecule has 76 valence electrons. The molecule has 2 heteroatoms. The summed E-state index contributed by atoms with van der Waals surface area (Å²) >= 11 is 0. The molecule has 0 spiro atoms. The molecule has 0 amide bonds. The van der Waals surface area contributed by atoms with Gasteiger partial charge in [0.05, 0.1) is 0 Å². The molecule has 1 aromatic carbocycles. The van der Waals surface area contributed by atoms with Crippen LogP contribution in [0.5, 0.6) is 0 Å². The highest BCUT2D eigenvalue weighted by Gasteiger charge is 2.26. The molecule has 2 rings (SSSR count). The van der Waals surface area contributed by atoms with E-state index in [2.05, 4.69) is 36.1 Å². The minimum Gasteiger partial charge on any atom is -0.368 e. The maximum absolute atomic E-state index is 5.63. The molecule has 1 atom stereocenters. The summed E-state index contributed by atoms with van der Waals surface area (Å²) in [6.07, 6.45) is 2.27. The van der Waals surface area contributed by atoms with Crippen LogP contribution in [0, 0.1) is 0 Å². The van der Waals surface area contributed by atoms with Crippen LogP contribution < -0.4 is 10.6 Å². The molecule has 0 saturated heterocycles. The van der Waals surface area contributed by atoms with Gasteiger partial charge in [0.2, 0.25) is 0 Å². The Balaban J connectivity index is 2.24. The Morgan fingerprint density at radius 2 is 2.21 bits per heavy atom. The maximum Gasteiger partial charge on any atom is 0.0402 e. The van der Waals surface area contributed by atoms with Crippen molar-refractivity contribution in [2.45, 2.75) is 25.8 Å². The van der Waals surface area contributed by atoms with Crippen molar-refractivity contribution in [1.82, 2.24) is 0 Å². The fourth-order valence-corrected chi connectivity index (χ4v) is 2.40. The van der Waals surface area contributed by atoms with Gasteiger partial charge < -0.3 is 10.6 Å². The number of hydrogen-bond donors (Lipinski definition) is 1. The van der Waals surface area contributed by atoms with Gasteiger partial charge in [-0.25, -0.2) is 0 Å². The molecule has 0 aromatic heterocycles. The van der Waals surface area contributed by atoms with Crippen molar-refractivity contribution in [1.29, 1.82) is 0 Å². The highest BCUT2D eigenvalue weighted by atomic mass is 15.2. The average Bonchev–Trinajstić information content (AvgIpc) is 2.55. The van der Waals surface area contributed by atoms with E-state index in [1.54, 1.807) is 0 Å². The van der Waals surface area contributed by atoms with Crippen LogP contribution in [-0.4, -0.2) is 19.1 Å². The zero-order valence-corrected chi connectivity index (χ0v) is 8.74. The van der Waals surface area contributed by atoms with E-state index in [0.717, 1.165) is 19.5 Å². The van der Waals surface area contributed by atoms with E-state index in [4.69, 9.17) is 5.73 Å². The van der Waals surface area contributed by atoms with Crippen molar-refractivity contribution < 1.29 is 0 Å². The summed E-state index contributed by atoms with van der Waals surface area (Å²) in [6.45, 7) is 4.09. The number of hydrogen-bond acceptors (Lipinski definition) is 2. The third kappa shape index (κ3) is 1.50. The van der Waals surface area contributed by atoms with Crippen molar-refractivity contribution in [2.24, 2.45) is 5.73 Å². The van der Waals surface area contributed by atoms with Crippen molar-refractivity contribution in [3.05, 3.63) is 29.8 Å². The molecule has 0 saturated carbocycles. The zero-order chi connectivity index (χ0) is 9.97. The van der Waals surface area contributed by atoms with Gasteiger partial charge in [-0.1, -0.05) is 18.2 Å². The molecule has 1 aromatic rings. The van der Waals surface area contributed by atoms with Crippen LogP contribution in [-0.2, 0) is 6.42 Å². The van der Waals surface area contributed by atoms with E-state index < -0.39 is 0 Å². The molecule has 1 aliphatic heterocycles. The summed E-state index contributed by atoms with van der Waals surface area (Å²) in [5.74, 6) is 0. The monoisotopic (exact) mass is 190 g/mol. The average molecular weight is 190 g/mol. The smallest absolute Gasteiger partial charge is 0.0402 e. The Hall–Kier alpha value is -1.02. The molecular weight excluding hydrogens is 172 g/mol. The van der Waals surface area contributed by atoms with E-state index in [1.807, 2.05) is 0 Å². The first kappa shape index (κ1) is 9.53. The summed E-state index contributed by atoms with van der Waals surface area (Å²) < 4.78 is 0. The lowest BCUT2D eigenvalue weighted by Gasteiger charge is -2.25. The number of nitrogens with two attached hydrogens (primary N) is 1. The third-order valence-corrected chi connectivity index (χ3v) is 3.04. The number of rotatable bonds is 3. The van der Waals surface area contributed by atoms with Gasteiger partial charge in [0.15, 0.2) is 0 Å². The second kappa shape index (κ2) is 4.01. The third-order valence-electron chi connectivity index (χ3n) is 3.04. The molecule has 0 bridgehead atoms. The van der Waals surface area contributed by atoms with E-state index in [-0.39, 0.29) is 0 Å². The first-order chi connectivity index (χ1) is 6.86. The Morgan fingerprint density at radius 1 is 1.43 bits per heavy atom. The zero-order valence-electron chi connectivity index (χ0n) is 8.74. The van der Waals surface area contributed by atoms with Crippen LogP contribution in [0.4, 0.5) is 5.69 Å². The van der Waals surface area contributed by atoms with Crippen LogP contribution in [0.15, 0.2) is 24.3 Å². The quantitative estimate of drug-likeness (QED) is 0.787. The Bertz CT molecular complexity index is 309. The van der Waals surface area contributed by atoms with Gasteiger partial charge in [-0.05, 0) is 37.9 Å². The van der Waals surface area contributed by atoms with Crippen LogP contribution in [0.2, 0.25) is 0 Å². The fourth-order valence-electron chi connectivity index (χ4n) is 2.40. The highest BCUT2D eigenvalue weighted by molar-refractivity contribution is 5.59. The maximum atomic E-state index is 5.63. The Kier molecular flexibility index (Phi) is 2.73. The summed E-state index contributed by atoms with van der Waals surface area (Å²) in [7, 11) is 0. The number of anilines is 1. The number of nitrogens with zero attached hydrogens (tertiary/aromatic N) is 1. The second-order valence-corrected chi connectivity index (χ2v) is 3.85. The molecule has 0 fully saturated rings.